The summed E-state index contributed by atoms with van der Waals surface area (Å²) >= 11 is 4.80. The molecule has 3 N–H and O–H groups in total. The lowest BCUT2D eigenvalue weighted by Gasteiger charge is -2.14. The number of nitrogens with zero attached hydrogens (tertiary/aromatic N) is 1. The molecular weight excluding hydrogens is 194 g/mol. The Hall–Kier alpha value is -1.13. The van der Waals surface area contributed by atoms with Crippen LogP contribution in [0.15, 0.2) is 24.3 Å². The molecule has 0 spiro atoms. The summed E-state index contributed by atoms with van der Waals surface area (Å²) in [5, 5.41) is 3.26. The van der Waals surface area contributed by atoms with Gasteiger partial charge in [-0.2, -0.15) is 0 Å². The number of rotatable bonds is 3. The molecule has 1 aromatic rings. The SMILES string of the molecule is CN(C)Cc1ccccc1NC(N)=S. The number of anilines is 1. The van der Waals surface area contributed by atoms with Crippen LogP contribution >= 0.6 is 12.2 Å². The van der Waals surface area contributed by atoms with E-state index in [1.54, 1.807) is 0 Å². The van der Waals surface area contributed by atoms with Gasteiger partial charge in [0.2, 0.25) is 0 Å². The van der Waals surface area contributed by atoms with E-state index in [0.29, 0.717) is 5.11 Å². The van der Waals surface area contributed by atoms with Crippen LogP contribution < -0.4 is 11.1 Å². The van der Waals surface area contributed by atoms with Crippen molar-refractivity contribution in [2.45, 2.75) is 6.54 Å². The van der Waals surface area contributed by atoms with Crippen molar-refractivity contribution < 1.29 is 0 Å². The van der Waals surface area contributed by atoms with E-state index >= 15 is 0 Å². The molecule has 76 valence electrons. The van der Waals surface area contributed by atoms with Crippen LogP contribution in [0, 0.1) is 0 Å². The van der Waals surface area contributed by atoms with E-state index < -0.39 is 0 Å². The molecule has 0 saturated carbocycles. The van der Waals surface area contributed by atoms with Crippen LogP contribution in [0.5, 0.6) is 0 Å². The molecule has 0 aliphatic carbocycles. The smallest absolute Gasteiger partial charge is 0.168 e. The first-order valence-electron chi connectivity index (χ1n) is 4.38. The van der Waals surface area contributed by atoms with Crippen LogP contribution in [-0.4, -0.2) is 24.1 Å². The molecule has 1 rings (SSSR count). The molecule has 0 unspecified atom stereocenters. The summed E-state index contributed by atoms with van der Waals surface area (Å²) in [5.74, 6) is 0. The average molecular weight is 209 g/mol. The molecule has 4 heteroatoms. The first-order valence-corrected chi connectivity index (χ1v) is 4.79. The second kappa shape index (κ2) is 4.93. The summed E-state index contributed by atoms with van der Waals surface area (Å²) in [6.45, 7) is 0.867. The van der Waals surface area contributed by atoms with E-state index in [0.717, 1.165) is 12.2 Å². The van der Waals surface area contributed by atoms with Crippen molar-refractivity contribution in [3.05, 3.63) is 29.8 Å². The number of hydrogen-bond donors (Lipinski definition) is 2. The van der Waals surface area contributed by atoms with Crippen LogP contribution in [0.1, 0.15) is 5.56 Å². The summed E-state index contributed by atoms with van der Waals surface area (Å²) in [4.78, 5) is 2.10. The van der Waals surface area contributed by atoms with Crippen molar-refractivity contribution in [2.24, 2.45) is 5.73 Å². The Balaban J connectivity index is 2.85. The maximum Gasteiger partial charge on any atom is 0.168 e. The molecule has 0 atom stereocenters. The van der Waals surface area contributed by atoms with Gasteiger partial charge in [0.1, 0.15) is 0 Å². The lowest BCUT2D eigenvalue weighted by atomic mass is 10.1. The van der Waals surface area contributed by atoms with Gasteiger partial charge in [-0.1, -0.05) is 18.2 Å². The minimum absolute atomic E-state index is 0.302. The standard InChI is InChI=1S/C10H15N3S/c1-13(2)7-8-5-3-4-6-9(8)12-10(11)14/h3-6H,7H2,1-2H3,(H3,11,12,14). The molecule has 0 saturated heterocycles. The minimum atomic E-state index is 0.302. The molecule has 0 fully saturated rings. The molecule has 0 radical (unpaired) electrons. The van der Waals surface area contributed by atoms with Crippen molar-refractivity contribution in [1.82, 2.24) is 4.90 Å². The molecule has 3 nitrogen and oxygen atoms in total. The lowest BCUT2D eigenvalue weighted by molar-refractivity contribution is 0.403. The summed E-state index contributed by atoms with van der Waals surface area (Å²) in [6, 6.07) is 7.99. The fourth-order valence-corrected chi connectivity index (χ4v) is 1.36. The average Bonchev–Trinajstić information content (AvgIpc) is 2.06. The van der Waals surface area contributed by atoms with E-state index in [4.69, 9.17) is 18.0 Å². The fraction of sp³-hybridized carbons (Fsp3) is 0.300. The zero-order valence-electron chi connectivity index (χ0n) is 8.45. The van der Waals surface area contributed by atoms with E-state index in [2.05, 4.69) is 16.3 Å². The monoisotopic (exact) mass is 209 g/mol. The Bertz CT molecular complexity index is 323. The lowest BCUT2D eigenvalue weighted by Crippen LogP contribution is -2.21. The molecule has 0 bridgehead atoms. The van der Waals surface area contributed by atoms with Gasteiger partial charge in [0, 0.05) is 12.2 Å². The number of thiocarbonyl (C=S) groups is 1. The van der Waals surface area contributed by atoms with Gasteiger partial charge in [-0.3, -0.25) is 0 Å². The predicted octanol–water partition coefficient (Wildman–Crippen LogP) is 1.40. The van der Waals surface area contributed by atoms with E-state index in [-0.39, 0.29) is 0 Å². The number of benzene rings is 1. The van der Waals surface area contributed by atoms with Gasteiger partial charge in [-0.05, 0) is 37.9 Å². The molecule has 0 heterocycles. The highest BCUT2D eigenvalue weighted by molar-refractivity contribution is 7.80. The van der Waals surface area contributed by atoms with E-state index in [1.165, 1.54) is 5.56 Å². The molecule has 0 aromatic heterocycles. The zero-order valence-corrected chi connectivity index (χ0v) is 9.27. The Morgan fingerprint density at radius 3 is 2.64 bits per heavy atom. The number of nitrogens with two attached hydrogens (primary N) is 1. The minimum Gasteiger partial charge on any atom is -0.376 e. The molecule has 1 aromatic carbocycles. The van der Waals surface area contributed by atoms with Gasteiger partial charge in [-0.25, -0.2) is 0 Å². The maximum atomic E-state index is 5.43. The Labute approximate surface area is 89.9 Å². The van der Waals surface area contributed by atoms with Gasteiger partial charge < -0.3 is 16.0 Å². The van der Waals surface area contributed by atoms with Crippen molar-refractivity contribution in [3.8, 4) is 0 Å². The van der Waals surface area contributed by atoms with E-state index in [1.807, 2.05) is 32.3 Å². The van der Waals surface area contributed by atoms with Gasteiger partial charge in [0.25, 0.3) is 0 Å². The predicted molar refractivity (Wildman–Crippen MR) is 64.2 cm³/mol. The van der Waals surface area contributed by atoms with Crippen molar-refractivity contribution in [3.63, 3.8) is 0 Å². The van der Waals surface area contributed by atoms with Crippen LogP contribution in [0.3, 0.4) is 0 Å². The molecule has 14 heavy (non-hydrogen) atoms. The zero-order chi connectivity index (χ0) is 10.6. The number of nitrogens with one attached hydrogen (secondary N) is 1. The fourth-order valence-electron chi connectivity index (χ4n) is 1.25. The van der Waals surface area contributed by atoms with Crippen molar-refractivity contribution in [2.75, 3.05) is 19.4 Å². The molecule has 0 aliphatic heterocycles. The number of para-hydroxylation sites is 1. The van der Waals surface area contributed by atoms with Gasteiger partial charge >= 0.3 is 0 Å². The van der Waals surface area contributed by atoms with Crippen LogP contribution in [0.25, 0.3) is 0 Å². The molecule has 0 amide bonds. The molecule has 0 aliphatic rings. The second-order valence-electron chi connectivity index (χ2n) is 3.38. The first-order chi connectivity index (χ1) is 6.59. The van der Waals surface area contributed by atoms with Crippen molar-refractivity contribution in [1.29, 1.82) is 0 Å². The third kappa shape index (κ3) is 3.32. The summed E-state index contributed by atoms with van der Waals surface area (Å²) in [6.07, 6.45) is 0. The Morgan fingerprint density at radius 2 is 2.07 bits per heavy atom. The largest absolute Gasteiger partial charge is 0.376 e. The van der Waals surface area contributed by atoms with Crippen LogP contribution in [0.2, 0.25) is 0 Å². The highest BCUT2D eigenvalue weighted by Gasteiger charge is 2.02. The van der Waals surface area contributed by atoms with Crippen LogP contribution in [-0.2, 0) is 6.54 Å². The molecular formula is C10H15N3S. The third-order valence-corrected chi connectivity index (χ3v) is 1.86. The second-order valence-corrected chi connectivity index (χ2v) is 3.82. The van der Waals surface area contributed by atoms with Gasteiger partial charge in [0.05, 0.1) is 0 Å². The highest BCUT2D eigenvalue weighted by Crippen LogP contribution is 2.15. The quantitative estimate of drug-likeness (QED) is 0.738. The Morgan fingerprint density at radius 1 is 1.43 bits per heavy atom. The maximum absolute atomic E-state index is 5.43. The van der Waals surface area contributed by atoms with Gasteiger partial charge in [-0.15, -0.1) is 0 Å². The first kappa shape index (κ1) is 10.9. The summed E-state index contributed by atoms with van der Waals surface area (Å²) in [7, 11) is 4.05. The highest BCUT2D eigenvalue weighted by atomic mass is 32.1. The normalized spacial score (nSPS) is 10.2. The van der Waals surface area contributed by atoms with Crippen molar-refractivity contribution >= 4 is 23.0 Å². The third-order valence-electron chi connectivity index (χ3n) is 1.76. The number of hydrogen-bond acceptors (Lipinski definition) is 2. The van der Waals surface area contributed by atoms with Crippen LogP contribution in [0.4, 0.5) is 5.69 Å². The Kier molecular flexibility index (Phi) is 3.85. The van der Waals surface area contributed by atoms with E-state index in [9.17, 15) is 0 Å². The topological polar surface area (TPSA) is 41.3 Å². The summed E-state index contributed by atoms with van der Waals surface area (Å²) < 4.78 is 0. The summed E-state index contributed by atoms with van der Waals surface area (Å²) in [5.41, 5.74) is 7.60. The van der Waals surface area contributed by atoms with Gasteiger partial charge in [0.15, 0.2) is 5.11 Å².